The highest BCUT2D eigenvalue weighted by Gasteiger charge is 2.87. The average molecular weight is 663 g/mol. The minimum absolute atomic E-state index is 0.0310. The standard InChI is InChI=1S/C37H58O10/c1-19(38)44-28-26-27(33(7)14-16-37(46-26,47-33)31(4,5)42)32(6)13-15-36-18-35(36)12-11-23(45-29-25(41)24(40)20(39)17-43-29)30(2,3)21(35)9-10-22(36)34(28,32)8/h20-29,39-42H,9-18H2,1-8H3/t20-,21?,22?,23+,24+,25-,26?,27?,28+,29+,32-,33+,34-,35-,36+,37+/m1/s1. The van der Waals surface area contributed by atoms with E-state index in [0.29, 0.717) is 18.3 Å². The van der Waals surface area contributed by atoms with Gasteiger partial charge in [-0.1, -0.05) is 27.7 Å². The zero-order chi connectivity index (χ0) is 34.0. The van der Waals surface area contributed by atoms with E-state index >= 15 is 0 Å². The number of fused-ring (bicyclic) bond motifs is 7. The Morgan fingerprint density at radius 2 is 1.55 bits per heavy atom. The summed E-state index contributed by atoms with van der Waals surface area (Å²) in [5, 5.41) is 42.3. The Kier molecular flexibility index (Phi) is 6.89. The number of rotatable bonds is 4. The maximum atomic E-state index is 12.9. The quantitative estimate of drug-likeness (QED) is 0.259. The largest absolute Gasteiger partial charge is 0.459 e. The molecule has 3 saturated heterocycles. The average Bonchev–Trinajstić information content (AvgIpc) is 3.49. The summed E-state index contributed by atoms with van der Waals surface area (Å²) in [4.78, 5) is 12.9. The fourth-order valence-corrected chi connectivity index (χ4v) is 14.2. The van der Waals surface area contributed by atoms with Crippen LogP contribution >= 0.6 is 0 Å². The Morgan fingerprint density at radius 1 is 0.872 bits per heavy atom. The van der Waals surface area contributed by atoms with E-state index in [-0.39, 0.29) is 57.8 Å². The van der Waals surface area contributed by atoms with Crippen molar-refractivity contribution in [3.63, 3.8) is 0 Å². The Bertz CT molecular complexity index is 1330. The van der Waals surface area contributed by atoms with Gasteiger partial charge in [0.2, 0.25) is 0 Å². The summed E-state index contributed by atoms with van der Waals surface area (Å²) in [6.45, 7) is 16.6. The van der Waals surface area contributed by atoms with Crippen LogP contribution < -0.4 is 0 Å². The van der Waals surface area contributed by atoms with Gasteiger partial charge in [0.1, 0.15) is 36.1 Å². The van der Waals surface area contributed by atoms with E-state index in [0.717, 1.165) is 51.4 Å². The zero-order valence-electron chi connectivity index (χ0n) is 29.6. The molecule has 10 heteroatoms. The molecule has 16 atom stereocenters. The number of esters is 1. The SMILES string of the molecule is CC(=O)O[C@H]1C2O[C@@]3(C(C)(C)O)CC[C@](C)(O3)C2[C@@]2(C)CC[C@@]34C[C@@]35CC[C@H](O[C@@H]3OC[C@@H](O)[C@H](O)[C@H]3O)C(C)(C)C5CCC4[C@]12C. The monoisotopic (exact) mass is 662 g/mol. The molecule has 10 nitrogen and oxygen atoms in total. The van der Waals surface area contributed by atoms with Gasteiger partial charge in [-0.15, -0.1) is 0 Å². The molecule has 0 aromatic rings. The van der Waals surface area contributed by atoms with Gasteiger partial charge >= 0.3 is 5.97 Å². The van der Waals surface area contributed by atoms with Crippen molar-refractivity contribution in [1.29, 1.82) is 0 Å². The predicted molar refractivity (Wildman–Crippen MR) is 168 cm³/mol. The summed E-state index contributed by atoms with van der Waals surface area (Å²) in [6, 6.07) is 0. The van der Waals surface area contributed by atoms with Crippen molar-refractivity contribution in [3.05, 3.63) is 0 Å². The molecule has 2 spiro atoms. The Hall–Kier alpha value is -0.850. The molecule has 5 aliphatic carbocycles. The van der Waals surface area contributed by atoms with Gasteiger partial charge in [0.15, 0.2) is 12.1 Å². The van der Waals surface area contributed by atoms with Crippen LogP contribution in [0.5, 0.6) is 0 Å². The fraction of sp³-hybridized carbons (Fsp3) is 0.973. The smallest absolute Gasteiger partial charge is 0.303 e. The molecule has 47 heavy (non-hydrogen) atoms. The summed E-state index contributed by atoms with van der Waals surface area (Å²) < 4.78 is 32.5. The highest BCUT2D eigenvalue weighted by Crippen LogP contribution is 2.90. The lowest BCUT2D eigenvalue weighted by Crippen LogP contribution is -2.63. The maximum absolute atomic E-state index is 12.9. The van der Waals surface area contributed by atoms with Crippen LogP contribution in [0.4, 0.5) is 0 Å². The fourth-order valence-electron chi connectivity index (χ4n) is 14.2. The Balaban J connectivity index is 1.13. The maximum Gasteiger partial charge on any atom is 0.303 e. The molecule has 0 aromatic heterocycles. The molecular weight excluding hydrogens is 604 g/mol. The second-order valence-corrected chi connectivity index (χ2v) is 18.9. The number of ether oxygens (including phenoxy) is 5. The van der Waals surface area contributed by atoms with Gasteiger partial charge in [0.25, 0.3) is 0 Å². The molecule has 266 valence electrons. The van der Waals surface area contributed by atoms with E-state index in [1.807, 2.05) is 0 Å². The van der Waals surface area contributed by atoms with Crippen LogP contribution in [0.15, 0.2) is 0 Å². The van der Waals surface area contributed by atoms with Crippen LogP contribution in [-0.4, -0.2) is 92.9 Å². The first-order valence-corrected chi connectivity index (χ1v) is 18.3. The first-order chi connectivity index (χ1) is 21.7. The van der Waals surface area contributed by atoms with Crippen molar-refractivity contribution >= 4 is 5.97 Å². The second kappa shape index (κ2) is 9.72. The van der Waals surface area contributed by atoms with E-state index in [1.165, 1.54) is 6.92 Å². The molecule has 8 rings (SSSR count). The lowest BCUT2D eigenvalue weighted by atomic mass is 9.41. The number of hydrogen-bond acceptors (Lipinski definition) is 10. The third-order valence-electron chi connectivity index (χ3n) is 16.4. The van der Waals surface area contributed by atoms with E-state index < -0.39 is 47.7 Å². The van der Waals surface area contributed by atoms with Gasteiger partial charge in [0, 0.05) is 24.7 Å². The molecule has 0 amide bonds. The molecule has 8 fully saturated rings. The molecular formula is C37H58O10. The molecule has 4 N–H and O–H groups in total. The molecule has 3 heterocycles. The van der Waals surface area contributed by atoms with Crippen LogP contribution in [0.2, 0.25) is 0 Å². The topological polar surface area (TPSA) is 144 Å². The predicted octanol–water partition coefficient (Wildman–Crippen LogP) is 3.84. The highest BCUT2D eigenvalue weighted by atomic mass is 16.7. The van der Waals surface area contributed by atoms with Crippen molar-refractivity contribution in [1.82, 2.24) is 0 Å². The molecule has 8 aliphatic rings. The van der Waals surface area contributed by atoms with Gasteiger partial charge < -0.3 is 44.1 Å². The highest BCUT2D eigenvalue weighted by molar-refractivity contribution is 5.66. The number of carbonyl (C=O) groups excluding carboxylic acids is 1. The van der Waals surface area contributed by atoms with Gasteiger partial charge in [-0.2, -0.15) is 0 Å². The normalized spacial score (nSPS) is 58.8. The molecule has 0 aromatic carbocycles. The van der Waals surface area contributed by atoms with Crippen molar-refractivity contribution in [3.8, 4) is 0 Å². The molecule has 5 saturated carbocycles. The number of carbonyl (C=O) groups is 1. The van der Waals surface area contributed by atoms with Gasteiger partial charge in [0.05, 0.1) is 18.3 Å². The van der Waals surface area contributed by atoms with Gasteiger partial charge in [-0.25, -0.2) is 0 Å². The van der Waals surface area contributed by atoms with Crippen LogP contribution in [0.1, 0.15) is 113 Å². The lowest BCUT2D eigenvalue weighted by Gasteiger charge is -2.64. The van der Waals surface area contributed by atoms with E-state index in [1.54, 1.807) is 13.8 Å². The summed E-state index contributed by atoms with van der Waals surface area (Å²) >= 11 is 0. The first kappa shape index (κ1) is 33.3. The molecule has 4 unspecified atom stereocenters. The van der Waals surface area contributed by atoms with Crippen molar-refractivity contribution in [2.45, 2.75) is 173 Å². The summed E-state index contributed by atoms with van der Waals surface area (Å²) in [5.41, 5.74) is -2.14. The summed E-state index contributed by atoms with van der Waals surface area (Å²) in [6.07, 6.45) is 2.97. The number of aliphatic hydroxyl groups is 4. The second-order valence-electron chi connectivity index (χ2n) is 18.9. The van der Waals surface area contributed by atoms with Gasteiger partial charge in [-0.05, 0) is 106 Å². The number of aliphatic hydroxyl groups excluding tert-OH is 3. The van der Waals surface area contributed by atoms with Gasteiger partial charge in [-0.3, -0.25) is 4.79 Å². The Labute approximate surface area is 279 Å². The Morgan fingerprint density at radius 3 is 2.23 bits per heavy atom. The van der Waals surface area contributed by atoms with Crippen LogP contribution in [0.3, 0.4) is 0 Å². The molecule has 0 radical (unpaired) electrons. The van der Waals surface area contributed by atoms with E-state index in [4.69, 9.17) is 23.7 Å². The zero-order valence-corrected chi connectivity index (χ0v) is 29.6. The van der Waals surface area contributed by atoms with Crippen molar-refractivity contribution in [2.24, 2.45) is 44.8 Å². The van der Waals surface area contributed by atoms with Crippen molar-refractivity contribution in [2.75, 3.05) is 6.61 Å². The summed E-state index contributed by atoms with van der Waals surface area (Å²) in [7, 11) is 0. The molecule has 3 aliphatic heterocycles. The summed E-state index contributed by atoms with van der Waals surface area (Å²) in [5.74, 6) is -0.632. The minimum Gasteiger partial charge on any atom is -0.459 e. The van der Waals surface area contributed by atoms with Crippen LogP contribution in [-0.2, 0) is 28.5 Å². The lowest BCUT2D eigenvalue weighted by molar-refractivity contribution is -0.388. The minimum atomic E-state index is -1.30. The van der Waals surface area contributed by atoms with E-state index in [2.05, 4.69) is 34.6 Å². The van der Waals surface area contributed by atoms with Crippen molar-refractivity contribution < 1.29 is 48.9 Å². The number of hydrogen-bond donors (Lipinski definition) is 4. The van der Waals surface area contributed by atoms with Crippen LogP contribution in [0, 0.1) is 44.8 Å². The molecule has 2 bridgehead atoms. The van der Waals surface area contributed by atoms with E-state index in [9.17, 15) is 25.2 Å². The first-order valence-electron chi connectivity index (χ1n) is 18.3. The third kappa shape index (κ3) is 3.88. The van der Waals surface area contributed by atoms with Crippen LogP contribution in [0.25, 0.3) is 0 Å². The third-order valence-corrected chi connectivity index (χ3v) is 16.4.